The predicted octanol–water partition coefficient (Wildman–Crippen LogP) is 2.15. The number of fused-ring (bicyclic) bond motifs is 1. The Morgan fingerprint density at radius 1 is 1.05 bits per heavy atom. The number of methoxy groups -OCH3 is 2. The van der Waals surface area contributed by atoms with E-state index >= 15 is 0 Å². The molecule has 39 heavy (non-hydrogen) atoms. The van der Waals surface area contributed by atoms with E-state index < -0.39 is 17.7 Å². The fourth-order valence-corrected chi connectivity index (χ4v) is 4.27. The minimum absolute atomic E-state index is 0. The number of aromatic nitrogens is 2. The second kappa shape index (κ2) is 12.0. The first-order chi connectivity index (χ1) is 18.1. The highest BCUT2D eigenvalue weighted by Gasteiger charge is 2.38. The third-order valence-corrected chi connectivity index (χ3v) is 6.12. The van der Waals surface area contributed by atoms with E-state index in [4.69, 9.17) is 24.9 Å². The van der Waals surface area contributed by atoms with Gasteiger partial charge in [-0.3, -0.25) is 9.69 Å². The Morgan fingerprint density at radius 2 is 1.72 bits per heavy atom. The van der Waals surface area contributed by atoms with Crippen molar-refractivity contribution in [1.29, 1.82) is 0 Å². The quantitative estimate of drug-likeness (QED) is 0.477. The zero-order valence-electron chi connectivity index (χ0n) is 22.9. The number of nitrogen functional groups attached to an aromatic ring is 1. The minimum atomic E-state index is -0.822. The van der Waals surface area contributed by atoms with Gasteiger partial charge in [-0.1, -0.05) is 30.3 Å². The number of hydrogen-bond acceptors (Lipinski definition) is 9. The van der Waals surface area contributed by atoms with Gasteiger partial charge in [-0.25, -0.2) is 9.78 Å². The Bertz CT molecular complexity index is 1310. The molecule has 0 aliphatic carbocycles. The van der Waals surface area contributed by atoms with E-state index in [1.807, 2.05) is 56.0 Å². The van der Waals surface area contributed by atoms with E-state index in [0.717, 1.165) is 5.56 Å². The van der Waals surface area contributed by atoms with Gasteiger partial charge >= 0.3 is 6.09 Å². The first-order valence-electron chi connectivity index (χ1n) is 12.3. The first-order valence-corrected chi connectivity index (χ1v) is 12.3. The molecule has 2 aromatic carbocycles. The van der Waals surface area contributed by atoms with Crippen molar-refractivity contribution in [1.82, 2.24) is 20.2 Å². The van der Waals surface area contributed by atoms with Crippen LogP contribution in [0.4, 0.5) is 16.6 Å². The first kappa shape index (κ1) is 29.2. The van der Waals surface area contributed by atoms with Gasteiger partial charge in [0, 0.05) is 30.1 Å². The summed E-state index contributed by atoms with van der Waals surface area (Å²) in [6.45, 7) is 6.57. The Balaban J connectivity index is 0.00000420. The molecule has 0 spiro atoms. The van der Waals surface area contributed by atoms with Gasteiger partial charge in [0.05, 0.1) is 26.3 Å². The number of nitrogens with zero attached hydrogens (tertiary/aromatic N) is 4. The maximum Gasteiger partial charge on any atom is 0.410 e. The number of hydrogen-bond donors (Lipinski definition) is 2. The van der Waals surface area contributed by atoms with E-state index in [1.165, 1.54) is 4.90 Å². The van der Waals surface area contributed by atoms with Gasteiger partial charge in [0.1, 0.15) is 18.5 Å². The lowest BCUT2D eigenvalue weighted by Crippen LogP contribution is -2.62. The predicted molar refractivity (Wildman–Crippen MR) is 148 cm³/mol. The van der Waals surface area contributed by atoms with E-state index in [1.54, 1.807) is 26.4 Å². The zero-order valence-corrected chi connectivity index (χ0v) is 22.9. The molecule has 12 heteroatoms. The van der Waals surface area contributed by atoms with E-state index in [2.05, 4.69) is 10.3 Å². The van der Waals surface area contributed by atoms with Gasteiger partial charge in [-0.2, -0.15) is 4.98 Å². The third-order valence-electron chi connectivity index (χ3n) is 6.12. The van der Waals surface area contributed by atoms with Crippen LogP contribution in [0.5, 0.6) is 11.5 Å². The molecule has 3 aromatic rings. The van der Waals surface area contributed by atoms with Crippen LogP contribution in [-0.4, -0.2) is 77.8 Å². The van der Waals surface area contributed by atoms with Crippen molar-refractivity contribution in [2.24, 2.45) is 0 Å². The van der Waals surface area contributed by atoms with Crippen molar-refractivity contribution in [2.45, 2.75) is 39.0 Å². The summed E-state index contributed by atoms with van der Waals surface area (Å²) >= 11 is 0. The molecule has 1 aliphatic rings. The smallest absolute Gasteiger partial charge is 0.410 e. The fraction of sp³-hybridized carbons (Fsp3) is 0.407. The van der Waals surface area contributed by atoms with Gasteiger partial charge in [0.25, 0.3) is 0 Å². The van der Waals surface area contributed by atoms with E-state index in [0.29, 0.717) is 34.9 Å². The van der Waals surface area contributed by atoms with Crippen LogP contribution >= 0.6 is 0 Å². The van der Waals surface area contributed by atoms with Crippen LogP contribution in [0, 0.1) is 0 Å². The Kier molecular flexibility index (Phi) is 9.02. The second-order valence-electron chi connectivity index (χ2n) is 10.1. The highest BCUT2D eigenvalue weighted by molar-refractivity contribution is 5.92. The molecule has 1 aliphatic heterocycles. The van der Waals surface area contributed by atoms with Gasteiger partial charge in [-0.05, 0) is 32.4 Å². The SMILES string of the molecule is COc1cc2nc(N3CCN(C(=O)OCc4ccccc4)[C@H](C(=O)NC(C)(C)C)C3)nc(N)c2cc1OC.O. The van der Waals surface area contributed by atoms with Crippen molar-refractivity contribution in [2.75, 3.05) is 44.5 Å². The summed E-state index contributed by atoms with van der Waals surface area (Å²) in [5, 5.41) is 3.60. The monoisotopic (exact) mass is 540 g/mol. The lowest BCUT2D eigenvalue weighted by Gasteiger charge is -2.40. The summed E-state index contributed by atoms with van der Waals surface area (Å²) in [6.07, 6.45) is -0.557. The van der Waals surface area contributed by atoms with Gasteiger partial charge in [0.2, 0.25) is 11.9 Å². The van der Waals surface area contributed by atoms with Crippen molar-refractivity contribution in [3.05, 3.63) is 48.0 Å². The standard InChI is InChI=1S/C27H34N6O5.H2O/c1-27(2,3)31-24(34)20-15-32(11-12-33(20)26(35)38-16-17-9-7-6-8-10-17)25-29-19-14-22(37-5)21(36-4)13-18(19)23(28)30-25;/h6-10,13-14,20H,11-12,15-16H2,1-5H3,(H,31,34)(H2,28,29,30);1H2/t20-;/m0./s1. The molecule has 12 nitrogen and oxygen atoms in total. The second-order valence-corrected chi connectivity index (χ2v) is 10.1. The molecular weight excluding hydrogens is 504 g/mol. The molecule has 0 radical (unpaired) electrons. The minimum Gasteiger partial charge on any atom is -0.493 e. The van der Waals surface area contributed by atoms with Crippen LogP contribution in [0.15, 0.2) is 42.5 Å². The summed E-state index contributed by atoms with van der Waals surface area (Å²) in [4.78, 5) is 38.9. The Labute approximate surface area is 227 Å². The number of nitrogens with two attached hydrogens (primary N) is 1. The van der Waals surface area contributed by atoms with Crippen LogP contribution in [0.1, 0.15) is 26.3 Å². The molecule has 210 valence electrons. The molecule has 1 atom stereocenters. The lowest BCUT2D eigenvalue weighted by molar-refractivity contribution is -0.127. The Morgan fingerprint density at radius 3 is 2.36 bits per heavy atom. The molecule has 1 aromatic heterocycles. The van der Waals surface area contributed by atoms with Gasteiger partial charge in [0.15, 0.2) is 11.5 Å². The van der Waals surface area contributed by atoms with Crippen molar-refractivity contribution < 1.29 is 29.3 Å². The number of anilines is 2. The van der Waals surface area contributed by atoms with Gasteiger partial charge < -0.3 is 35.6 Å². The van der Waals surface area contributed by atoms with Crippen molar-refractivity contribution in [3.8, 4) is 11.5 Å². The highest BCUT2D eigenvalue weighted by Crippen LogP contribution is 2.34. The molecule has 4 rings (SSSR count). The van der Waals surface area contributed by atoms with Crippen LogP contribution in [0.25, 0.3) is 10.9 Å². The number of piperazine rings is 1. The number of ether oxygens (including phenoxy) is 3. The maximum atomic E-state index is 13.3. The summed E-state index contributed by atoms with van der Waals surface area (Å²) in [5.74, 6) is 1.36. The number of benzene rings is 2. The molecular formula is C27H36N6O6. The van der Waals surface area contributed by atoms with Crippen LogP contribution in [0.2, 0.25) is 0 Å². The number of amides is 2. The van der Waals surface area contributed by atoms with Crippen LogP contribution in [-0.2, 0) is 16.1 Å². The van der Waals surface area contributed by atoms with Crippen molar-refractivity contribution >= 4 is 34.7 Å². The number of carbonyl (C=O) groups excluding carboxylic acids is 2. The molecule has 5 N–H and O–H groups in total. The highest BCUT2D eigenvalue weighted by atomic mass is 16.6. The largest absolute Gasteiger partial charge is 0.493 e. The third kappa shape index (κ3) is 6.77. The fourth-order valence-electron chi connectivity index (χ4n) is 4.27. The number of rotatable bonds is 6. The van der Waals surface area contributed by atoms with Crippen molar-refractivity contribution in [3.63, 3.8) is 0 Å². The van der Waals surface area contributed by atoms with Crippen LogP contribution in [0.3, 0.4) is 0 Å². The number of carbonyl (C=O) groups is 2. The normalized spacial score (nSPS) is 15.4. The molecule has 2 amide bonds. The summed E-state index contributed by atoms with van der Waals surface area (Å²) in [7, 11) is 3.09. The van der Waals surface area contributed by atoms with E-state index in [-0.39, 0.29) is 36.9 Å². The zero-order chi connectivity index (χ0) is 27.4. The molecule has 0 saturated carbocycles. The maximum absolute atomic E-state index is 13.3. The molecule has 0 bridgehead atoms. The van der Waals surface area contributed by atoms with Gasteiger partial charge in [-0.15, -0.1) is 0 Å². The molecule has 2 heterocycles. The summed E-state index contributed by atoms with van der Waals surface area (Å²) < 4.78 is 16.3. The van der Waals surface area contributed by atoms with Crippen LogP contribution < -0.4 is 25.4 Å². The summed E-state index contributed by atoms with van der Waals surface area (Å²) in [5.41, 5.74) is 7.24. The van der Waals surface area contributed by atoms with E-state index in [9.17, 15) is 9.59 Å². The average molecular weight is 541 g/mol. The topological polar surface area (TPSA) is 164 Å². The Hall–Kier alpha value is -4.32. The molecule has 1 saturated heterocycles. The average Bonchev–Trinajstić information content (AvgIpc) is 2.90. The number of nitrogens with one attached hydrogen (secondary N) is 1. The lowest BCUT2D eigenvalue weighted by atomic mass is 10.1. The summed E-state index contributed by atoms with van der Waals surface area (Å²) in [6, 6.07) is 12.0. The molecule has 1 fully saturated rings. The molecule has 0 unspecified atom stereocenters.